The minimum absolute atomic E-state index is 0.185. The molecule has 1 atom stereocenters. The summed E-state index contributed by atoms with van der Waals surface area (Å²) < 4.78 is 10.3. The Bertz CT molecular complexity index is 897. The van der Waals surface area contributed by atoms with Crippen LogP contribution in [0.5, 0.6) is 0 Å². The van der Waals surface area contributed by atoms with E-state index in [2.05, 4.69) is 4.90 Å². The van der Waals surface area contributed by atoms with Crippen LogP contribution in [0, 0.1) is 0 Å². The summed E-state index contributed by atoms with van der Waals surface area (Å²) in [6, 6.07) is 14.3. The van der Waals surface area contributed by atoms with Gasteiger partial charge in [0.25, 0.3) is 0 Å². The van der Waals surface area contributed by atoms with E-state index in [4.69, 9.17) is 40.5 Å². The smallest absolute Gasteiger partial charge is 0.410 e. The van der Waals surface area contributed by atoms with Crippen LogP contribution in [-0.2, 0) is 14.3 Å². The number of carbonyl (C=O) groups excluding carboxylic acids is 2. The number of methoxy groups -OCH3 is 1. The van der Waals surface area contributed by atoms with E-state index in [1.807, 2.05) is 45.0 Å². The molecular formula is C24H29BCl2N2O4. The second-order valence-electron chi connectivity index (χ2n) is 8.58. The molecule has 0 N–H and O–H groups in total. The van der Waals surface area contributed by atoms with Gasteiger partial charge in [-0.25, -0.2) is 4.79 Å². The van der Waals surface area contributed by atoms with Crippen molar-refractivity contribution in [1.82, 2.24) is 4.90 Å². The van der Waals surface area contributed by atoms with Crippen LogP contribution in [0.25, 0.3) is 0 Å². The summed E-state index contributed by atoms with van der Waals surface area (Å²) >= 11 is 11.5. The van der Waals surface area contributed by atoms with E-state index in [0.29, 0.717) is 24.7 Å². The summed E-state index contributed by atoms with van der Waals surface area (Å²) in [5.41, 5.74) is 1.15. The fourth-order valence-electron chi connectivity index (χ4n) is 3.23. The van der Waals surface area contributed by atoms with E-state index in [1.165, 1.54) is 7.11 Å². The number of anilines is 1. The summed E-state index contributed by atoms with van der Waals surface area (Å²) in [6.07, 6.45) is -0.170. The maximum Gasteiger partial charge on any atom is 0.410 e. The molecule has 2 aromatic rings. The first-order chi connectivity index (χ1) is 15.5. The first-order valence-corrected chi connectivity index (χ1v) is 11.3. The van der Waals surface area contributed by atoms with Gasteiger partial charge in [0.2, 0.25) is 0 Å². The van der Waals surface area contributed by atoms with Gasteiger partial charge in [-0.15, -0.1) is 0 Å². The molecule has 0 saturated carbocycles. The molecular weight excluding hydrogens is 462 g/mol. The molecule has 1 amide bonds. The number of benzene rings is 2. The molecule has 1 saturated heterocycles. The Morgan fingerprint density at radius 3 is 2.03 bits per heavy atom. The van der Waals surface area contributed by atoms with Crippen molar-refractivity contribution in [2.75, 3.05) is 31.6 Å². The largest absolute Gasteiger partial charge is 0.469 e. The molecule has 1 heterocycles. The Hall–Kier alpha value is -2.38. The number of ether oxygens (including phenoxy) is 2. The van der Waals surface area contributed by atoms with Crippen molar-refractivity contribution in [3.63, 3.8) is 0 Å². The van der Waals surface area contributed by atoms with Crippen molar-refractivity contribution in [2.45, 2.75) is 38.8 Å². The first kappa shape index (κ1) is 26.9. The van der Waals surface area contributed by atoms with Gasteiger partial charge in [-0.3, -0.25) is 4.79 Å². The lowest BCUT2D eigenvalue weighted by Gasteiger charge is -2.42. The van der Waals surface area contributed by atoms with Crippen LogP contribution in [0.15, 0.2) is 48.5 Å². The second-order valence-corrected chi connectivity index (χ2v) is 9.45. The van der Waals surface area contributed by atoms with E-state index < -0.39 is 5.60 Å². The number of hydrogen-bond donors (Lipinski definition) is 0. The number of carbonyl (C=O) groups is 2. The molecule has 1 unspecified atom stereocenters. The third-order valence-corrected chi connectivity index (χ3v) is 5.30. The highest BCUT2D eigenvalue weighted by Crippen LogP contribution is 2.25. The lowest BCUT2D eigenvalue weighted by molar-refractivity contribution is -0.141. The van der Waals surface area contributed by atoms with Gasteiger partial charge in [0.15, 0.2) is 0 Å². The Balaban J connectivity index is 0.000000405. The molecule has 0 spiro atoms. The molecule has 0 aromatic heterocycles. The zero-order valence-electron chi connectivity index (χ0n) is 19.4. The lowest BCUT2D eigenvalue weighted by atomic mass is 9.97. The zero-order chi connectivity index (χ0) is 24.6. The Morgan fingerprint density at radius 2 is 1.55 bits per heavy atom. The molecule has 176 valence electrons. The average Bonchev–Trinajstić information content (AvgIpc) is 2.75. The molecule has 2 aromatic carbocycles. The number of nitrogens with zero attached hydrogens (tertiary/aromatic N) is 2. The van der Waals surface area contributed by atoms with Crippen molar-refractivity contribution in [3.05, 3.63) is 58.6 Å². The molecule has 6 nitrogen and oxygen atoms in total. The van der Waals surface area contributed by atoms with Crippen molar-refractivity contribution >= 4 is 54.3 Å². The molecule has 1 aliphatic rings. The highest BCUT2D eigenvalue weighted by atomic mass is 35.5. The zero-order valence-corrected chi connectivity index (χ0v) is 20.9. The molecule has 33 heavy (non-hydrogen) atoms. The van der Waals surface area contributed by atoms with E-state index in [0.717, 1.165) is 16.2 Å². The van der Waals surface area contributed by atoms with Crippen LogP contribution in [0.2, 0.25) is 10.0 Å². The summed E-state index contributed by atoms with van der Waals surface area (Å²) in [6.45, 7) is 7.02. The van der Waals surface area contributed by atoms with Crippen LogP contribution in [0.3, 0.4) is 0 Å². The molecule has 1 fully saturated rings. The average molecular weight is 491 g/mol. The maximum absolute atomic E-state index is 12.4. The van der Waals surface area contributed by atoms with Gasteiger partial charge in [-0.05, 0) is 57.2 Å². The van der Waals surface area contributed by atoms with Crippen LogP contribution < -0.4 is 10.4 Å². The standard InChI is InChI=1S/C18H25ClN2O4.C6H4BCl/c1-18(2,3)25-17(23)20-9-10-21(14-7-5-13(19)6-8-14)15(12-20)11-16(22)24-4;7-5-1-3-6(8)4-2-5/h5-8,15H,9-12H2,1-4H3;1-4H. The predicted molar refractivity (Wildman–Crippen MR) is 134 cm³/mol. The van der Waals surface area contributed by atoms with Crippen LogP contribution >= 0.6 is 23.2 Å². The van der Waals surface area contributed by atoms with Crippen LogP contribution in [0.1, 0.15) is 27.2 Å². The van der Waals surface area contributed by atoms with Crippen molar-refractivity contribution in [1.29, 1.82) is 0 Å². The number of esters is 1. The minimum atomic E-state index is -0.553. The molecule has 0 bridgehead atoms. The predicted octanol–water partition coefficient (Wildman–Crippen LogP) is 4.46. The number of amides is 1. The third-order valence-electron chi connectivity index (χ3n) is 4.79. The van der Waals surface area contributed by atoms with Gasteiger partial charge < -0.3 is 19.3 Å². The number of hydrogen-bond acceptors (Lipinski definition) is 5. The topological polar surface area (TPSA) is 59.1 Å². The molecule has 2 radical (unpaired) electrons. The fourth-order valence-corrected chi connectivity index (χ4v) is 3.49. The molecule has 0 aliphatic carbocycles. The highest BCUT2D eigenvalue weighted by Gasteiger charge is 2.33. The van der Waals surface area contributed by atoms with Gasteiger partial charge >= 0.3 is 12.1 Å². The van der Waals surface area contributed by atoms with Gasteiger partial charge in [0, 0.05) is 35.4 Å². The second kappa shape index (κ2) is 12.2. The highest BCUT2D eigenvalue weighted by molar-refractivity contribution is 6.34. The minimum Gasteiger partial charge on any atom is -0.469 e. The maximum atomic E-state index is 12.4. The van der Waals surface area contributed by atoms with Crippen molar-refractivity contribution in [3.8, 4) is 0 Å². The van der Waals surface area contributed by atoms with Crippen molar-refractivity contribution in [2.24, 2.45) is 0 Å². The fraction of sp³-hybridized carbons (Fsp3) is 0.417. The molecule has 1 aliphatic heterocycles. The molecule has 9 heteroatoms. The number of piperazine rings is 1. The number of halogens is 2. The third kappa shape index (κ3) is 9.18. The van der Waals surface area contributed by atoms with E-state index in [1.54, 1.807) is 29.2 Å². The summed E-state index contributed by atoms with van der Waals surface area (Å²) in [5, 5.41) is 1.37. The van der Waals surface area contributed by atoms with E-state index in [-0.39, 0.29) is 24.5 Å². The summed E-state index contributed by atoms with van der Waals surface area (Å²) in [5.74, 6) is -0.310. The van der Waals surface area contributed by atoms with Gasteiger partial charge in [-0.1, -0.05) is 40.8 Å². The summed E-state index contributed by atoms with van der Waals surface area (Å²) in [7, 11) is 6.73. The van der Waals surface area contributed by atoms with Crippen molar-refractivity contribution < 1.29 is 19.1 Å². The summed E-state index contributed by atoms with van der Waals surface area (Å²) in [4.78, 5) is 27.9. The first-order valence-electron chi connectivity index (χ1n) is 10.6. The molecule has 3 rings (SSSR count). The normalized spacial score (nSPS) is 15.9. The van der Waals surface area contributed by atoms with E-state index in [9.17, 15) is 9.59 Å². The Morgan fingerprint density at radius 1 is 1.00 bits per heavy atom. The van der Waals surface area contributed by atoms with Gasteiger partial charge in [-0.2, -0.15) is 0 Å². The lowest BCUT2D eigenvalue weighted by Crippen LogP contribution is -2.56. The van der Waals surface area contributed by atoms with Gasteiger partial charge in [0.05, 0.1) is 19.6 Å². The monoisotopic (exact) mass is 490 g/mol. The SMILES string of the molecule is COC(=O)CC1CN(C(=O)OC(C)(C)C)CCN1c1ccc(Cl)cc1.[B]c1ccc(Cl)cc1. The van der Waals surface area contributed by atoms with E-state index >= 15 is 0 Å². The Labute approximate surface area is 207 Å². The van der Waals surface area contributed by atoms with Crippen LogP contribution in [0.4, 0.5) is 10.5 Å². The Kier molecular flexibility index (Phi) is 9.93. The van der Waals surface area contributed by atoms with Crippen LogP contribution in [-0.4, -0.2) is 63.2 Å². The quantitative estimate of drug-likeness (QED) is 0.469. The number of rotatable bonds is 3. The van der Waals surface area contributed by atoms with Gasteiger partial charge in [0.1, 0.15) is 13.4 Å².